The molecule has 0 bridgehead atoms. The van der Waals surface area contributed by atoms with Crippen LogP contribution in [0.3, 0.4) is 0 Å². The average molecular weight is 493 g/mol. The van der Waals surface area contributed by atoms with Gasteiger partial charge >= 0.3 is 0 Å². The first kappa shape index (κ1) is 23.8. The van der Waals surface area contributed by atoms with Crippen LogP contribution in [0, 0.1) is 0 Å². The number of amides is 1. The summed E-state index contributed by atoms with van der Waals surface area (Å²) in [4.78, 5) is 21.8. The number of rotatable bonds is 10. The molecule has 0 aliphatic heterocycles. The maximum atomic E-state index is 12.6. The molecule has 0 saturated carbocycles. The summed E-state index contributed by atoms with van der Waals surface area (Å²) in [7, 11) is 0. The minimum absolute atomic E-state index is 0.0361. The molecule has 6 heteroatoms. The minimum Gasteiger partial charge on any atom is -0.352 e. The third-order valence-corrected chi connectivity index (χ3v) is 7.10. The average Bonchev–Trinajstić information content (AvgIpc) is 3.28. The zero-order valence-corrected chi connectivity index (χ0v) is 20.8. The Kier molecular flexibility index (Phi) is 7.73. The second kappa shape index (κ2) is 11.7. The number of aryl methyl sites for hydroxylation is 1. The SMILES string of the molecule is O=C(NCCCc1ccccc1)c1ccc(Cn2c(SCc3ccccc3)nc3ccncc32)cc1. The van der Waals surface area contributed by atoms with E-state index in [0.29, 0.717) is 18.7 Å². The van der Waals surface area contributed by atoms with Crippen LogP contribution in [0.5, 0.6) is 0 Å². The van der Waals surface area contributed by atoms with E-state index in [4.69, 9.17) is 4.98 Å². The van der Waals surface area contributed by atoms with Crippen molar-refractivity contribution in [3.8, 4) is 0 Å². The first-order chi connectivity index (χ1) is 17.8. The predicted octanol–water partition coefficient (Wildman–Crippen LogP) is 6.13. The molecule has 0 fully saturated rings. The summed E-state index contributed by atoms with van der Waals surface area (Å²) < 4.78 is 2.20. The van der Waals surface area contributed by atoms with Gasteiger partial charge < -0.3 is 9.88 Å². The van der Waals surface area contributed by atoms with Gasteiger partial charge in [0.1, 0.15) is 0 Å². The van der Waals surface area contributed by atoms with Gasteiger partial charge in [0.2, 0.25) is 0 Å². The van der Waals surface area contributed by atoms with Crippen molar-refractivity contribution >= 4 is 28.7 Å². The van der Waals surface area contributed by atoms with Gasteiger partial charge in [-0.3, -0.25) is 9.78 Å². The highest BCUT2D eigenvalue weighted by Gasteiger charge is 2.13. The molecule has 5 nitrogen and oxygen atoms in total. The van der Waals surface area contributed by atoms with Gasteiger partial charge in [0.15, 0.2) is 5.16 Å². The normalized spacial score (nSPS) is 11.0. The van der Waals surface area contributed by atoms with Crippen LogP contribution in [-0.4, -0.2) is 27.0 Å². The molecule has 5 aromatic rings. The largest absolute Gasteiger partial charge is 0.352 e. The number of carbonyl (C=O) groups is 1. The molecule has 1 amide bonds. The summed E-state index contributed by atoms with van der Waals surface area (Å²) in [5.74, 6) is 0.812. The van der Waals surface area contributed by atoms with Crippen LogP contribution in [0.4, 0.5) is 0 Å². The summed E-state index contributed by atoms with van der Waals surface area (Å²) in [5.41, 5.74) is 6.29. The first-order valence-corrected chi connectivity index (χ1v) is 13.1. The Morgan fingerprint density at radius 1 is 0.833 bits per heavy atom. The standard InChI is InChI=1S/C30H28N4OS/c35-29(32-18-7-12-23-8-3-1-4-9-23)26-15-13-24(14-16-26)21-34-28-20-31-19-17-27(28)33-30(34)36-22-25-10-5-2-6-11-25/h1-6,8-11,13-17,19-20H,7,12,18,21-22H2,(H,32,35). The molecule has 1 N–H and O–H groups in total. The van der Waals surface area contributed by atoms with Gasteiger partial charge in [-0.2, -0.15) is 0 Å². The number of pyridine rings is 1. The number of hydrogen-bond donors (Lipinski definition) is 1. The molecule has 36 heavy (non-hydrogen) atoms. The van der Waals surface area contributed by atoms with Gasteiger partial charge in [-0.1, -0.05) is 84.6 Å². The number of thioether (sulfide) groups is 1. The predicted molar refractivity (Wildman–Crippen MR) is 146 cm³/mol. The molecule has 3 aromatic carbocycles. The van der Waals surface area contributed by atoms with Crippen molar-refractivity contribution < 1.29 is 4.79 Å². The van der Waals surface area contributed by atoms with E-state index >= 15 is 0 Å². The molecule has 2 aromatic heterocycles. The van der Waals surface area contributed by atoms with Crippen molar-refractivity contribution in [1.29, 1.82) is 0 Å². The van der Waals surface area contributed by atoms with Gasteiger partial charge in [0.05, 0.1) is 23.8 Å². The summed E-state index contributed by atoms with van der Waals surface area (Å²) >= 11 is 1.72. The molecule has 5 rings (SSSR count). The second-order valence-corrected chi connectivity index (χ2v) is 9.60. The van der Waals surface area contributed by atoms with E-state index in [1.54, 1.807) is 18.0 Å². The smallest absolute Gasteiger partial charge is 0.251 e. The molecular formula is C30H28N4OS. The quantitative estimate of drug-likeness (QED) is 0.188. The number of carbonyl (C=O) groups excluding carboxylic acids is 1. The lowest BCUT2D eigenvalue weighted by atomic mass is 10.1. The van der Waals surface area contributed by atoms with Crippen LogP contribution in [0.25, 0.3) is 11.0 Å². The Morgan fingerprint density at radius 2 is 1.56 bits per heavy atom. The van der Waals surface area contributed by atoms with Gasteiger partial charge in [-0.25, -0.2) is 4.98 Å². The van der Waals surface area contributed by atoms with Crippen molar-refractivity contribution in [2.24, 2.45) is 0 Å². The van der Waals surface area contributed by atoms with Gasteiger partial charge in [-0.05, 0) is 47.7 Å². The molecule has 0 atom stereocenters. The highest BCUT2D eigenvalue weighted by atomic mass is 32.2. The first-order valence-electron chi connectivity index (χ1n) is 12.1. The molecular weight excluding hydrogens is 464 g/mol. The summed E-state index contributed by atoms with van der Waals surface area (Å²) in [6.07, 6.45) is 5.52. The molecule has 180 valence electrons. The molecule has 0 unspecified atom stereocenters. The molecule has 0 saturated heterocycles. The van der Waals surface area contributed by atoms with E-state index in [0.717, 1.165) is 40.3 Å². The summed E-state index contributed by atoms with van der Waals surface area (Å²) in [5, 5.41) is 3.99. The molecule has 0 spiro atoms. The number of fused-ring (bicyclic) bond motifs is 1. The Bertz CT molecular complexity index is 1420. The fourth-order valence-electron chi connectivity index (χ4n) is 4.12. The number of imidazole rings is 1. The number of hydrogen-bond acceptors (Lipinski definition) is 4. The zero-order chi connectivity index (χ0) is 24.6. The molecule has 0 aliphatic rings. The number of nitrogens with zero attached hydrogens (tertiary/aromatic N) is 3. The van der Waals surface area contributed by atoms with Crippen molar-refractivity contribution in [2.75, 3.05) is 6.54 Å². The lowest BCUT2D eigenvalue weighted by Gasteiger charge is -2.10. The Morgan fingerprint density at radius 3 is 2.31 bits per heavy atom. The van der Waals surface area contributed by atoms with Crippen LogP contribution in [0.2, 0.25) is 0 Å². The topological polar surface area (TPSA) is 59.8 Å². The van der Waals surface area contributed by atoms with E-state index in [1.807, 2.05) is 60.8 Å². The van der Waals surface area contributed by atoms with E-state index < -0.39 is 0 Å². The van der Waals surface area contributed by atoms with Gasteiger partial charge in [0, 0.05) is 24.1 Å². The van der Waals surface area contributed by atoms with Crippen LogP contribution < -0.4 is 5.32 Å². The van der Waals surface area contributed by atoms with Crippen molar-refractivity contribution in [3.63, 3.8) is 0 Å². The lowest BCUT2D eigenvalue weighted by molar-refractivity contribution is 0.0953. The monoisotopic (exact) mass is 492 g/mol. The molecule has 0 aliphatic carbocycles. The number of nitrogens with one attached hydrogen (secondary N) is 1. The second-order valence-electron chi connectivity index (χ2n) is 8.66. The Balaban J connectivity index is 1.22. The summed E-state index contributed by atoms with van der Waals surface area (Å²) in [6.45, 7) is 1.32. The van der Waals surface area contributed by atoms with Crippen LogP contribution >= 0.6 is 11.8 Å². The Labute approximate surface area is 215 Å². The fraction of sp³-hybridized carbons (Fsp3) is 0.167. The van der Waals surface area contributed by atoms with E-state index in [1.165, 1.54) is 11.1 Å². The maximum absolute atomic E-state index is 12.6. The van der Waals surface area contributed by atoms with E-state index in [9.17, 15) is 4.79 Å². The highest BCUT2D eigenvalue weighted by Crippen LogP contribution is 2.27. The zero-order valence-electron chi connectivity index (χ0n) is 20.0. The fourth-order valence-corrected chi connectivity index (χ4v) is 5.09. The third kappa shape index (κ3) is 6.01. The van der Waals surface area contributed by atoms with Crippen LogP contribution in [0.15, 0.2) is 109 Å². The summed E-state index contributed by atoms with van der Waals surface area (Å²) in [6, 6.07) is 30.5. The maximum Gasteiger partial charge on any atom is 0.251 e. The minimum atomic E-state index is -0.0361. The van der Waals surface area contributed by atoms with Gasteiger partial charge in [-0.15, -0.1) is 0 Å². The third-order valence-electron chi connectivity index (χ3n) is 6.05. The van der Waals surface area contributed by atoms with Crippen molar-refractivity contribution in [2.45, 2.75) is 30.3 Å². The lowest BCUT2D eigenvalue weighted by Crippen LogP contribution is -2.24. The van der Waals surface area contributed by atoms with Crippen molar-refractivity contribution in [1.82, 2.24) is 19.9 Å². The van der Waals surface area contributed by atoms with E-state index in [-0.39, 0.29) is 5.91 Å². The highest BCUT2D eigenvalue weighted by molar-refractivity contribution is 7.98. The van der Waals surface area contributed by atoms with Crippen LogP contribution in [-0.2, 0) is 18.7 Å². The molecule has 0 radical (unpaired) electrons. The number of benzene rings is 3. The van der Waals surface area contributed by atoms with Gasteiger partial charge in [0.25, 0.3) is 5.91 Å². The van der Waals surface area contributed by atoms with Crippen molar-refractivity contribution in [3.05, 3.63) is 126 Å². The van der Waals surface area contributed by atoms with Crippen LogP contribution in [0.1, 0.15) is 33.5 Å². The number of aromatic nitrogens is 3. The Hall–Kier alpha value is -3.90. The van der Waals surface area contributed by atoms with E-state index in [2.05, 4.69) is 51.3 Å². The molecule has 2 heterocycles.